The van der Waals surface area contributed by atoms with Gasteiger partial charge in [0.1, 0.15) is 0 Å². The van der Waals surface area contributed by atoms with Crippen LogP contribution in [0.4, 0.5) is 5.69 Å². The Morgan fingerprint density at radius 1 is 1.00 bits per heavy atom. The van der Waals surface area contributed by atoms with Gasteiger partial charge < -0.3 is 10.3 Å². The number of para-hydroxylation sites is 1. The number of pyridine rings is 1. The van der Waals surface area contributed by atoms with Gasteiger partial charge in [0.25, 0.3) is 0 Å². The molecule has 3 aromatic rings. The summed E-state index contributed by atoms with van der Waals surface area (Å²) >= 11 is 0. The van der Waals surface area contributed by atoms with E-state index in [1.54, 1.807) is 6.07 Å². The van der Waals surface area contributed by atoms with Gasteiger partial charge >= 0.3 is 0 Å². The van der Waals surface area contributed by atoms with E-state index in [1.807, 2.05) is 18.2 Å². The molecule has 1 aromatic heterocycles. The van der Waals surface area contributed by atoms with E-state index in [2.05, 4.69) is 51.6 Å². The number of piperidine rings is 1. The maximum atomic E-state index is 11.9. The molecular formula is C21H23N3O. The summed E-state index contributed by atoms with van der Waals surface area (Å²) in [6.45, 7) is 3.17. The average Bonchev–Trinajstić information content (AvgIpc) is 2.64. The number of hydrogen-bond donors (Lipinski definition) is 2. The molecule has 0 bridgehead atoms. The first-order chi connectivity index (χ1) is 12.3. The van der Waals surface area contributed by atoms with Crippen LogP contribution in [0.15, 0.2) is 65.5 Å². The van der Waals surface area contributed by atoms with Crippen molar-refractivity contribution >= 4 is 16.6 Å². The van der Waals surface area contributed by atoms with Crippen molar-refractivity contribution in [3.8, 4) is 0 Å². The molecule has 1 aliphatic rings. The van der Waals surface area contributed by atoms with Crippen molar-refractivity contribution in [3.63, 3.8) is 0 Å². The molecule has 0 saturated carbocycles. The number of aromatic nitrogens is 1. The van der Waals surface area contributed by atoms with Crippen LogP contribution in [-0.4, -0.2) is 29.0 Å². The predicted molar refractivity (Wildman–Crippen MR) is 103 cm³/mol. The van der Waals surface area contributed by atoms with E-state index in [0.29, 0.717) is 6.04 Å². The summed E-state index contributed by atoms with van der Waals surface area (Å²) < 4.78 is 0. The van der Waals surface area contributed by atoms with Crippen molar-refractivity contribution in [2.45, 2.75) is 25.4 Å². The molecule has 0 unspecified atom stereocenters. The quantitative estimate of drug-likeness (QED) is 0.767. The number of hydrogen-bond acceptors (Lipinski definition) is 3. The first-order valence-corrected chi connectivity index (χ1v) is 8.93. The molecule has 1 saturated heterocycles. The van der Waals surface area contributed by atoms with Gasteiger partial charge in [-0.25, -0.2) is 0 Å². The van der Waals surface area contributed by atoms with Gasteiger partial charge in [0.15, 0.2) is 0 Å². The zero-order chi connectivity index (χ0) is 17.1. The molecule has 2 aromatic carbocycles. The topological polar surface area (TPSA) is 48.1 Å². The highest BCUT2D eigenvalue weighted by Gasteiger charge is 2.19. The first kappa shape index (κ1) is 15.9. The Morgan fingerprint density at radius 2 is 1.72 bits per heavy atom. The van der Waals surface area contributed by atoms with Gasteiger partial charge in [-0.3, -0.25) is 9.69 Å². The van der Waals surface area contributed by atoms with Gasteiger partial charge in [-0.15, -0.1) is 0 Å². The minimum absolute atomic E-state index is 0.0530. The third kappa shape index (κ3) is 3.74. The molecule has 2 heterocycles. The number of nitrogens with one attached hydrogen (secondary N) is 2. The van der Waals surface area contributed by atoms with Gasteiger partial charge in [0.2, 0.25) is 5.56 Å². The molecule has 25 heavy (non-hydrogen) atoms. The van der Waals surface area contributed by atoms with Crippen molar-refractivity contribution in [1.82, 2.24) is 9.88 Å². The third-order valence-corrected chi connectivity index (χ3v) is 4.95. The van der Waals surface area contributed by atoms with Crippen molar-refractivity contribution < 1.29 is 0 Å². The number of aromatic amines is 1. The standard InChI is InChI=1S/C21H23N3O/c25-21-14-20(18-8-4-5-9-19(18)23-21)22-17-10-12-24(13-11-17)15-16-6-2-1-3-7-16/h1-9,14,17H,10-13,15H2,(H2,22,23,25). The van der Waals surface area contributed by atoms with Crippen LogP contribution in [0.1, 0.15) is 18.4 Å². The molecule has 1 fully saturated rings. The number of benzene rings is 2. The Bertz CT molecular complexity index is 896. The van der Waals surface area contributed by atoms with E-state index >= 15 is 0 Å². The minimum atomic E-state index is -0.0530. The minimum Gasteiger partial charge on any atom is -0.382 e. The van der Waals surface area contributed by atoms with Gasteiger partial charge in [-0.2, -0.15) is 0 Å². The second-order valence-corrected chi connectivity index (χ2v) is 6.77. The summed E-state index contributed by atoms with van der Waals surface area (Å²) in [5, 5.41) is 4.68. The smallest absolute Gasteiger partial charge is 0.250 e. The highest BCUT2D eigenvalue weighted by Crippen LogP contribution is 2.23. The normalized spacial score (nSPS) is 16.2. The van der Waals surface area contributed by atoms with Gasteiger partial charge in [0, 0.05) is 42.8 Å². The molecule has 128 valence electrons. The van der Waals surface area contributed by atoms with Crippen LogP contribution in [0, 0.1) is 0 Å². The summed E-state index contributed by atoms with van der Waals surface area (Å²) in [5.74, 6) is 0. The molecule has 0 aliphatic carbocycles. The molecular weight excluding hydrogens is 310 g/mol. The van der Waals surface area contributed by atoms with E-state index < -0.39 is 0 Å². The van der Waals surface area contributed by atoms with Gasteiger partial charge in [-0.05, 0) is 24.5 Å². The fourth-order valence-electron chi connectivity index (χ4n) is 3.62. The van der Waals surface area contributed by atoms with E-state index in [0.717, 1.165) is 49.1 Å². The Kier molecular flexibility index (Phi) is 4.53. The molecule has 0 radical (unpaired) electrons. The average molecular weight is 333 g/mol. The molecule has 4 heteroatoms. The molecule has 0 spiro atoms. The van der Waals surface area contributed by atoms with E-state index in [1.165, 1.54) is 5.56 Å². The summed E-state index contributed by atoms with van der Waals surface area (Å²) in [5.41, 5.74) is 3.15. The summed E-state index contributed by atoms with van der Waals surface area (Å²) in [6.07, 6.45) is 2.18. The molecule has 0 atom stereocenters. The monoisotopic (exact) mass is 333 g/mol. The maximum Gasteiger partial charge on any atom is 0.250 e. The lowest BCUT2D eigenvalue weighted by Crippen LogP contribution is -2.38. The number of likely N-dealkylation sites (tertiary alicyclic amines) is 1. The Labute approximate surface area is 147 Å². The Hall–Kier alpha value is -2.59. The number of H-pyrrole nitrogens is 1. The van der Waals surface area contributed by atoms with E-state index in [-0.39, 0.29) is 5.56 Å². The lowest BCUT2D eigenvalue weighted by molar-refractivity contribution is 0.211. The van der Waals surface area contributed by atoms with Crippen molar-refractivity contribution in [2.75, 3.05) is 18.4 Å². The third-order valence-electron chi connectivity index (χ3n) is 4.95. The summed E-state index contributed by atoms with van der Waals surface area (Å²) in [7, 11) is 0. The van der Waals surface area contributed by atoms with Crippen LogP contribution >= 0.6 is 0 Å². The molecule has 2 N–H and O–H groups in total. The number of nitrogens with zero attached hydrogens (tertiary/aromatic N) is 1. The SMILES string of the molecule is O=c1cc(NC2CCN(Cc3ccccc3)CC2)c2ccccc2[nH]1. The second kappa shape index (κ2) is 7.11. The first-order valence-electron chi connectivity index (χ1n) is 8.93. The maximum absolute atomic E-state index is 11.9. The zero-order valence-corrected chi connectivity index (χ0v) is 14.2. The molecule has 4 nitrogen and oxygen atoms in total. The predicted octanol–water partition coefficient (Wildman–Crippen LogP) is 3.60. The van der Waals surface area contributed by atoms with Crippen LogP contribution in [0.2, 0.25) is 0 Å². The molecule has 1 aliphatic heterocycles. The van der Waals surface area contributed by atoms with E-state index in [4.69, 9.17) is 0 Å². The van der Waals surface area contributed by atoms with Crippen LogP contribution in [0.3, 0.4) is 0 Å². The lowest BCUT2D eigenvalue weighted by atomic mass is 10.0. The van der Waals surface area contributed by atoms with E-state index in [9.17, 15) is 4.79 Å². The fourth-order valence-corrected chi connectivity index (χ4v) is 3.62. The Morgan fingerprint density at radius 3 is 2.52 bits per heavy atom. The van der Waals surface area contributed by atoms with Crippen molar-refractivity contribution in [3.05, 3.63) is 76.6 Å². The molecule has 4 rings (SSSR count). The number of rotatable bonds is 4. The number of fused-ring (bicyclic) bond motifs is 1. The van der Waals surface area contributed by atoms with Crippen LogP contribution in [-0.2, 0) is 6.54 Å². The molecule has 0 amide bonds. The second-order valence-electron chi connectivity index (χ2n) is 6.77. The highest BCUT2D eigenvalue weighted by atomic mass is 16.1. The van der Waals surface area contributed by atoms with Gasteiger partial charge in [0.05, 0.1) is 5.52 Å². The summed E-state index contributed by atoms with van der Waals surface area (Å²) in [4.78, 5) is 17.3. The largest absolute Gasteiger partial charge is 0.382 e. The van der Waals surface area contributed by atoms with Crippen LogP contribution < -0.4 is 10.9 Å². The van der Waals surface area contributed by atoms with Crippen molar-refractivity contribution in [2.24, 2.45) is 0 Å². The Balaban J connectivity index is 1.41. The van der Waals surface area contributed by atoms with Gasteiger partial charge in [-0.1, -0.05) is 48.5 Å². The number of anilines is 1. The zero-order valence-electron chi connectivity index (χ0n) is 14.2. The van der Waals surface area contributed by atoms with Crippen LogP contribution in [0.5, 0.6) is 0 Å². The fraction of sp³-hybridized carbons (Fsp3) is 0.286. The highest BCUT2D eigenvalue weighted by molar-refractivity contribution is 5.90. The van der Waals surface area contributed by atoms with Crippen LogP contribution in [0.25, 0.3) is 10.9 Å². The summed E-state index contributed by atoms with van der Waals surface area (Å²) in [6, 6.07) is 20.7. The lowest BCUT2D eigenvalue weighted by Gasteiger charge is -2.33. The van der Waals surface area contributed by atoms with Crippen molar-refractivity contribution in [1.29, 1.82) is 0 Å².